The van der Waals surface area contributed by atoms with E-state index in [1.807, 2.05) is 30.5 Å². The minimum Gasteiger partial charge on any atom is -0.423 e. The molecule has 4 rings (SSSR count). The van der Waals surface area contributed by atoms with E-state index in [1.165, 1.54) is 29.2 Å². The van der Waals surface area contributed by atoms with Crippen molar-refractivity contribution in [3.63, 3.8) is 0 Å². The van der Waals surface area contributed by atoms with Crippen molar-refractivity contribution in [2.75, 3.05) is 0 Å². The monoisotopic (exact) mass is 370 g/mol. The molecular weight excluding hydrogens is 356 g/mol. The molecule has 0 amide bonds. The van der Waals surface area contributed by atoms with Crippen LogP contribution in [0.25, 0.3) is 21.2 Å². The summed E-state index contributed by atoms with van der Waals surface area (Å²) in [6.45, 7) is 1.96. The van der Waals surface area contributed by atoms with Crippen LogP contribution in [-0.2, 0) is 12.8 Å². The summed E-state index contributed by atoms with van der Waals surface area (Å²) in [5, 5.41) is 4.04. The molecule has 0 aliphatic carbocycles. The van der Waals surface area contributed by atoms with Crippen LogP contribution in [0.4, 0.5) is 0 Å². The van der Waals surface area contributed by atoms with Gasteiger partial charge in [-0.05, 0) is 35.6 Å². The Morgan fingerprint density at radius 2 is 2.04 bits per heavy atom. The van der Waals surface area contributed by atoms with Gasteiger partial charge in [0.2, 0.25) is 0 Å². The van der Waals surface area contributed by atoms with Crippen molar-refractivity contribution >= 4 is 44.3 Å². The minimum atomic E-state index is -0.371. The van der Waals surface area contributed by atoms with Gasteiger partial charge in [0.25, 0.3) is 5.56 Å². The zero-order chi connectivity index (χ0) is 17.6. The summed E-state index contributed by atoms with van der Waals surface area (Å²) >= 11 is 2.89. The topological polar surface area (TPSA) is 65.1 Å². The van der Waals surface area contributed by atoms with Gasteiger partial charge in [-0.25, -0.2) is 9.78 Å². The summed E-state index contributed by atoms with van der Waals surface area (Å²) in [5.41, 5.74) is 2.06. The summed E-state index contributed by atoms with van der Waals surface area (Å²) < 4.78 is 6.84. The second kappa shape index (κ2) is 6.16. The molecule has 0 radical (unpaired) electrons. The van der Waals surface area contributed by atoms with Crippen LogP contribution in [0.1, 0.15) is 11.1 Å². The molecule has 5 nitrogen and oxygen atoms in total. The molecule has 0 saturated heterocycles. The first-order valence-corrected chi connectivity index (χ1v) is 9.50. The number of hydrogen-bond donors (Lipinski definition) is 0. The third-order valence-corrected chi connectivity index (χ3v) is 5.89. The molecule has 0 atom stereocenters. The minimum absolute atomic E-state index is 0.0539. The molecule has 0 N–H and O–H groups in total. The third kappa shape index (κ3) is 2.89. The van der Waals surface area contributed by atoms with Crippen molar-refractivity contribution in [3.8, 4) is 0 Å². The van der Waals surface area contributed by atoms with Gasteiger partial charge in [-0.2, -0.15) is 0 Å². The first-order chi connectivity index (χ1) is 12.0. The Kier molecular flexibility index (Phi) is 3.97. The molecule has 3 aromatic heterocycles. The molecule has 7 heteroatoms. The number of benzene rings is 1. The maximum atomic E-state index is 12.4. The summed E-state index contributed by atoms with van der Waals surface area (Å²) in [6, 6.07) is 9.10. The van der Waals surface area contributed by atoms with Crippen molar-refractivity contribution in [2.24, 2.45) is 7.05 Å². The molecule has 0 aliphatic rings. The number of aromatic nitrogens is 2. The maximum Gasteiger partial charge on any atom is 0.336 e. The highest BCUT2D eigenvalue weighted by Crippen LogP contribution is 2.27. The van der Waals surface area contributed by atoms with E-state index in [9.17, 15) is 9.59 Å². The molecule has 3 heterocycles. The van der Waals surface area contributed by atoms with E-state index >= 15 is 0 Å². The van der Waals surface area contributed by atoms with Crippen molar-refractivity contribution in [3.05, 3.63) is 67.6 Å². The first-order valence-electron chi connectivity index (χ1n) is 7.63. The summed E-state index contributed by atoms with van der Waals surface area (Å²) in [6.07, 6.45) is 0. The van der Waals surface area contributed by atoms with Crippen LogP contribution < -0.4 is 11.2 Å². The number of hydrogen-bond acceptors (Lipinski definition) is 6. The molecule has 0 aliphatic heterocycles. The quantitative estimate of drug-likeness (QED) is 0.312. The van der Waals surface area contributed by atoms with E-state index in [2.05, 4.69) is 4.98 Å². The fourth-order valence-corrected chi connectivity index (χ4v) is 4.48. The second-order valence-electron chi connectivity index (χ2n) is 5.78. The van der Waals surface area contributed by atoms with Crippen molar-refractivity contribution in [2.45, 2.75) is 17.8 Å². The van der Waals surface area contributed by atoms with Crippen molar-refractivity contribution < 1.29 is 4.42 Å². The molecule has 0 bridgehead atoms. The van der Waals surface area contributed by atoms with Crippen LogP contribution in [0, 0.1) is 6.92 Å². The highest BCUT2D eigenvalue weighted by Gasteiger charge is 2.12. The van der Waals surface area contributed by atoms with Crippen LogP contribution in [-0.4, -0.2) is 9.55 Å². The largest absolute Gasteiger partial charge is 0.423 e. The number of thioether (sulfide) groups is 1. The Labute approximate surface area is 150 Å². The van der Waals surface area contributed by atoms with Gasteiger partial charge in [0, 0.05) is 24.3 Å². The smallest absolute Gasteiger partial charge is 0.336 e. The van der Waals surface area contributed by atoms with Gasteiger partial charge in [0.1, 0.15) is 10.4 Å². The molecule has 0 saturated carbocycles. The van der Waals surface area contributed by atoms with Crippen molar-refractivity contribution in [1.82, 2.24) is 9.55 Å². The van der Waals surface area contributed by atoms with Crippen LogP contribution in [0.15, 0.2) is 54.9 Å². The van der Waals surface area contributed by atoms with Crippen LogP contribution >= 0.6 is 23.1 Å². The van der Waals surface area contributed by atoms with Crippen LogP contribution in [0.2, 0.25) is 0 Å². The molecule has 126 valence electrons. The molecule has 0 fully saturated rings. The van der Waals surface area contributed by atoms with E-state index in [1.54, 1.807) is 17.7 Å². The van der Waals surface area contributed by atoms with Gasteiger partial charge in [-0.15, -0.1) is 11.3 Å². The molecule has 0 unspecified atom stereocenters. The highest BCUT2D eigenvalue weighted by molar-refractivity contribution is 7.98. The number of rotatable bonds is 3. The summed E-state index contributed by atoms with van der Waals surface area (Å²) in [5.74, 6) is 0.530. The average Bonchev–Trinajstić information content (AvgIpc) is 3.04. The molecule has 0 spiro atoms. The zero-order valence-electron chi connectivity index (χ0n) is 13.6. The lowest BCUT2D eigenvalue weighted by Gasteiger charge is -2.08. The summed E-state index contributed by atoms with van der Waals surface area (Å²) in [4.78, 5) is 29.5. The lowest BCUT2D eigenvalue weighted by molar-refractivity contribution is 0.559. The van der Waals surface area contributed by atoms with Crippen LogP contribution in [0.3, 0.4) is 0 Å². The highest BCUT2D eigenvalue weighted by atomic mass is 32.2. The predicted molar refractivity (Wildman–Crippen MR) is 102 cm³/mol. The van der Waals surface area contributed by atoms with Crippen molar-refractivity contribution in [1.29, 1.82) is 0 Å². The van der Waals surface area contributed by atoms with Gasteiger partial charge >= 0.3 is 5.63 Å². The Bertz CT molecular complexity index is 1220. The summed E-state index contributed by atoms with van der Waals surface area (Å²) in [7, 11) is 1.72. The lowest BCUT2D eigenvalue weighted by atomic mass is 10.1. The van der Waals surface area contributed by atoms with E-state index in [0.717, 1.165) is 21.3 Å². The number of nitrogens with zero attached hydrogens (tertiary/aromatic N) is 2. The van der Waals surface area contributed by atoms with Gasteiger partial charge < -0.3 is 4.42 Å². The fraction of sp³-hybridized carbons (Fsp3) is 0.167. The Morgan fingerprint density at radius 3 is 2.88 bits per heavy atom. The fourth-order valence-electron chi connectivity index (χ4n) is 2.71. The molecule has 25 heavy (non-hydrogen) atoms. The molecule has 4 aromatic rings. The molecular formula is C18H14N2O3S2. The number of thiophene rings is 1. The van der Waals surface area contributed by atoms with E-state index in [-0.39, 0.29) is 11.2 Å². The predicted octanol–water partition coefficient (Wildman–Crippen LogP) is 3.70. The van der Waals surface area contributed by atoms with E-state index in [0.29, 0.717) is 21.9 Å². The van der Waals surface area contributed by atoms with Gasteiger partial charge in [-0.1, -0.05) is 23.9 Å². The SMILES string of the molecule is Cc1ccc2c(CSc3nc4sccc4c(=O)n3C)cc(=O)oc2c1. The standard InChI is InChI=1S/C18H14N2O3S2/c1-10-3-4-12-11(8-15(21)23-14(12)7-10)9-25-18-19-16-13(5-6-24-16)17(22)20(18)2/h3-8H,9H2,1-2H3. The normalized spacial score (nSPS) is 11.4. The Hall–Kier alpha value is -2.38. The van der Waals surface area contributed by atoms with E-state index in [4.69, 9.17) is 4.42 Å². The Balaban J connectivity index is 1.75. The third-order valence-electron chi connectivity index (χ3n) is 4.01. The van der Waals surface area contributed by atoms with Gasteiger partial charge in [0.15, 0.2) is 5.16 Å². The Morgan fingerprint density at radius 1 is 1.20 bits per heavy atom. The molecule has 1 aromatic carbocycles. The first kappa shape index (κ1) is 16.1. The van der Waals surface area contributed by atoms with Gasteiger partial charge in [0.05, 0.1) is 5.39 Å². The van der Waals surface area contributed by atoms with Crippen LogP contribution in [0.5, 0.6) is 0 Å². The zero-order valence-corrected chi connectivity index (χ0v) is 15.2. The maximum absolute atomic E-state index is 12.4. The number of fused-ring (bicyclic) bond motifs is 2. The van der Waals surface area contributed by atoms with E-state index < -0.39 is 0 Å². The second-order valence-corrected chi connectivity index (χ2v) is 7.61. The van der Waals surface area contributed by atoms with Gasteiger partial charge in [-0.3, -0.25) is 9.36 Å². The number of aryl methyl sites for hydroxylation is 1. The lowest BCUT2D eigenvalue weighted by Crippen LogP contribution is -2.19. The average molecular weight is 370 g/mol.